The van der Waals surface area contributed by atoms with Crippen molar-refractivity contribution in [3.63, 3.8) is 0 Å². The van der Waals surface area contributed by atoms with E-state index in [2.05, 4.69) is 54.4 Å². The van der Waals surface area contributed by atoms with Crippen LogP contribution in [0.25, 0.3) is 11.1 Å². The highest BCUT2D eigenvalue weighted by atomic mass is 16.5. The lowest BCUT2D eigenvalue weighted by atomic mass is 9.83. The van der Waals surface area contributed by atoms with Crippen LogP contribution in [0.15, 0.2) is 72.7 Å². The molecule has 2 unspecified atom stereocenters. The molecular weight excluding hydrogens is 422 g/mol. The molecule has 5 nitrogen and oxygen atoms in total. The molecule has 2 aromatic heterocycles. The molecule has 1 aliphatic rings. The fraction of sp³-hybridized carbons (Fsp3) is 0.276. The van der Waals surface area contributed by atoms with E-state index < -0.39 is 0 Å². The maximum absolute atomic E-state index is 12.3. The molecule has 5 heteroatoms. The van der Waals surface area contributed by atoms with Gasteiger partial charge in [-0.15, -0.1) is 0 Å². The quantitative estimate of drug-likeness (QED) is 0.494. The lowest BCUT2D eigenvalue weighted by Crippen LogP contribution is -2.09. The van der Waals surface area contributed by atoms with Crippen LogP contribution in [0, 0.1) is 5.92 Å². The van der Waals surface area contributed by atoms with Crippen molar-refractivity contribution in [3.8, 4) is 5.88 Å². The SMILES string of the molecule is COc1ccc(C2=CC(C(C)c3ccccc3)CCc3cc(C(C(C)=O)=C(C)N)cnc32)cn1. The summed E-state index contributed by atoms with van der Waals surface area (Å²) in [5, 5.41) is 0. The summed E-state index contributed by atoms with van der Waals surface area (Å²) in [5.41, 5.74) is 13.3. The van der Waals surface area contributed by atoms with Crippen LogP contribution in [0.3, 0.4) is 0 Å². The molecule has 0 bridgehead atoms. The number of allylic oxidation sites excluding steroid dienone is 3. The average molecular weight is 454 g/mol. The molecule has 174 valence electrons. The first kappa shape index (κ1) is 23.4. The monoisotopic (exact) mass is 453 g/mol. The van der Waals surface area contributed by atoms with E-state index in [1.807, 2.05) is 18.3 Å². The minimum atomic E-state index is -0.0546. The topological polar surface area (TPSA) is 78.1 Å². The normalized spacial score (nSPS) is 17.1. The van der Waals surface area contributed by atoms with Crippen LogP contribution in [0.1, 0.15) is 61.1 Å². The number of carbonyl (C=O) groups is 1. The predicted octanol–water partition coefficient (Wildman–Crippen LogP) is 5.56. The zero-order chi connectivity index (χ0) is 24.2. The van der Waals surface area contributed by atoms with Crippen molar-refractivity contribution in [1.29, 1.82) is 0 Å². The number of Topliss-reactive ketones (excluding diaryl/α,β-unsaturated/α-hetero) is 1. The van der Waals surface area contributed by atoms with E-state index in [9.17, 15) is 4.79 Å². The number of fused-ring (bicyclic) bond motifs is 1. The highest BCUT2D eigenvalue weighted by Gasteiger charge is 2.25. The second kappa shape index (κ2) is 10.0. The van der Waals surface area contributed by atoms with Gasteiger partial charge in [-0.2, -0.15) is 0 Å². The number of hydrogen-bond acceptors (Lipinski definition) is 5. The highest BCUT2D eigenvalue weighted by molar-refractivity contribution is 6.20. The summed E-state index contributed by atoms with van der Waals surface area (Å²) in [5.74, 6) is 1.18. The largest absolute Gasteiger partial charge is 0.481 e. The fourth-order valence-electron chi connectivity index (χ4n) is 4.78. The Morgan fingerprint density at radius 3 is 2.47 bits per heavy atom. The van der Waals surface area contributed by atoms with Gasteiger partial charge in [0.05, 0.1) is 12.8 Å². The van der Waals surface area contributed by atoms with Crippen LogP contribution in [0.2, 0.25) is 0 Å². The Kier molecular flexibility index (Phi) is 6.92. The molecule has 1 aromatic carbocycles. The maximum atomic E-state index is 12.3. The second-order valence-corrected chi connectivity index (χ2v) is 8.92. The van der Waals surface area contributed by atoms with Crippen molar-refractivity contribution >= 4 is 16.9 Å². The Morgan fingerprint density at radius 2 is 1.85 bits per heavy atom. The van der Waals surface area contributed by atoms with Gasteiger partial charge >= 0.3 is 0 Å². The summed E-state index contributed by atoms with van der Waals surface area (Å²) < 4.78 is 5.26. The summed E-state index contributed by atoms with van der Waals surface area (Å²) >= 11 is 0. The molecule has 0 fully saturated rings. The van der Waals surface area contributed by atoms with Gasteiger partial charge in [-0.1, -0.05) is 43.3 Å². The number of aromatic nitrogens is 2. The number of nitrogens with two attached hydrogens (primary N) is 1. The van der Waals surface area contributed by atoms with E-state index in [0.717, 1.165) is 40.8 Å². The summed E-state index contributed by atoms with van der Waals surface area (Å²) in [6, 6.07) is 16.6. The summed E-state index contributed by atoms with van der Waals surface area (Å²) in [7, 11) is 1.61. The zero-order valence-electron chi connectivity index (χ0n) is 20.2. The molecule has 0 saturated heterocycles. The third kappa shape index (κ3) is 4.79. The third-order valence-corrected chi connectivity index (χ3v) is 6.61. The molecule has 3 aromatic rings. The second-order valence-electron chi connectivity index (χ2n) is 8.92. The van der Waals surface area contributed by atoms with Gasteiger partial charge in [0.15, 0.2) is 5.78 Å². The molecule has 2 atom stereocenters. The molecule has 0 amide bonds. The van der Waals surface area contributed by atoms with E-state index in [1.165, 1.54) is 5.56 Å². The van der Waals surface area contributed by atoms with Gasteiger partial charge in [0, 0.05) is 46.4 Å². The van der Waals surface area contributed by atoms with Crippen molar-refractivity contribution < 1.29 is 9.53 Å². The Hall–Kier alpha value is -3.73. The van der Waals surface area contributed by atoms with Crippen LogP contribution < -0.4 is 10.5 Å². The summed E-state index contributed by atoms with van der Waals surface area (Å²) in [6.45, 7) is 5.58. The minimum Gasteiger partial charge on any atom is -0.481 e. The van der Waals surface area contributed by atoms with Crippen LogP contribution in [-0.2, 0) is 11.2 Å². The fourth-order valence-corrected chi connectivity index (χ4v) is 4.78. The van der Waals surface area contributed by atoms with E-state index in [4.69, 9.17) is 15.5 Å². The zero-order valence-corrected chi connectivity index (χ0v) is 20.2. The molecule has 4 rings (SSSR count). The average Bonchev–Trinajstić information content (AvgIpc) is 3.03. The van der Waals surface area contributed by atoms with Crippen molar-refractivity contribution in [2.75, 3.05) is 7.11 Å². The van der Waals surface area contributed by atoms with Gasteiger partial charge in [0.2, 0.25) is 5.88 Å². The number of nitrogens with zero attached hydrogens (tertiary/aromatic N) is 2. The standard InChI is InChI=1S/C29H31N3O2/c1-18(21-8-6-5-7-9-21)22-10-11-23-14-25(28(19(2)30)20(3)33)17-32-29(23)26(15-22)24-12-13-27(34-4)31-16-24/h5-9,12-18,22H,10-11,30H2,1-4H3. The number of carbonyl (C=O) groups excluding carboxylic acids is 1. The van der Waals surface area contributed by atoms with E-state index >= 15 is 0 Å². The van der Waals surface area contributed by atoms with Gasteiger partial charge in [-0.05, 0) is 61.8 Å². The first-order chi connectivity index (χ1) is 16.4. The van der Waals surface area contributed by atoms with Crippen molar-refractivity contribution in [1.82, 2.24) is 9.97 Å². The first-order valence-electron chi connectivity index (χ1n) is 11.6. The number of benzene rings is 1. The third-order valence-electron chi connectivity index (χ3n) is 6.61. The van der Waals surface area contributed by atoms with E-state index in [0.29, 0.717) is 29.0 Å². The van der Waals surface area contributed by atoms with E-state index in [-0.39, 0.29) is 5.78 Å². The molecular formula is C29H31N3O2. The first-order valence-corrected chi connectivity index (χ1v) is 11.6. The van der Waals surface area contributed by atoms with Gasteiger partial charge in [0.25, 0.3) is 0 Å². The Morgan fingerprint density at radius 1 is 1.09 bits per heavy atom. The van der Waals surface area contributed by atoms with Crippen molar-refractivity contribution in [2.24, 2.45) is 11.7 Å². The van der Waals surface area contributed by atoms with Gasteiger partial charge in [0.1, 0.15) is 0 Å². The smallest absolute Gasteiger partial charge is 0.212 e. The summed E-state index contributed by atoms with van der Waals surface area (Å²) in [6.07, 6.45) is 7.77. The molecule has 0 radical (unpaired) electrons. The molecule has 0 spiro atoms. The highest BCUT2D eigenvalue weighted by Crippen LogP contribution is 2.38. The number of aryl methyl sites for hydroxylation is 1. The number of methoxy groups -OCH3 is 1. The predicted molar refractivity (Wildman–Crippen MR) is 136 cm³/mol. The van der Waals surface area contributed by atoms with Crippen LogP contribution in [-0.4, -0.2) is 22.9 Å². The lowest BCUT2D eigenvalue weighted by molar-refractivity contribution is -0.111. The van der Waals surface area contributed by atoms with Gasteiger partial charge in [-0.25, -0.2) is 4.98 Å². The number of ether oxygens (including phenoxy) is 1. The molecule has 0 saturated carbocycles. The van der Waals surface area contributed by atoms with Crippen molar-refractivity contribution in [2.45, 2.75) is 39.5 Å². The van der Waals surface area contributed by atoms with Crippen LogP contribution in [0.4, 0.5) is 0 Å². The van der Waals surface area contributed by atoms with Crippen LogP contribution >= 0.6 is 0 Å². The molecule has 1 aliphatic carbocycles. The summed E-state index contributed by atoms with van der Waals surface area (Å²) in [4.78, 5) is 21.6. The number of hydrogen-bond donors (Lipinski definition) is 1. The minimum absolute atomic E-state index is 0.0546. The Balaban J connectivity index is 1.82. The number of rotatable bonds is 6. The Labute approximate surface area is 201 Å². The van der Waals surface area contributed by atoms with Crippen molar-refractivity contribution in [3.05, 3.63) is 101 Å². The number of pyridine rings is 2. The van der Waals surface area contributed by atoms with Crippen LogP contribution in [0.5, 0.6) is 5.88 Å². The molecule has 0 aliphatic heterocycles. The lowest BCUT2D eigenvalue weighted by Gasteiger charge is -2.21. The number of ketones is 1. The van der Waals surface area contributed by atoms with Gasteiger partial charge < -0.3 is 10.5 Å². The molecule has 34 heavy (non-hydrogen) atoms. The maximum Gasteiger partial charge on any atom is 0.212 e. The molecule has 2 heterocycles. The Bertz CT molecular complexity index is 1240. The van der Waals surface area contributed by atoms with Gasteiger partial charge in [-0.3, -0.25) is 9.78 Å². The molecule has 2 N–H and O–H groups in total. The van der Waals surface area contributed by atoms with E-state index in [1.54, 1.807) is 27.2 Å².